The van der Waals surface area contributed by atoms with Crippen LogP contribution in [0.4, 0.5) is 5.69 Å². The first-order valence-corrected chi connectivity index (χ1v) is 5.71. The van der Waals surface area contributed by atoms with Crippen LogP contribution in [0.25, 0.3) is 0 Å². The predicted octanol–water partition coefficient (Wildman–Crippen LogP) is 2.58. The van der Waals surface area contributed by atoms with Gasteiger partial charge in [0.15, 0.2) is 0 Å². The topological polar surface area (TPSA) is 61.6 Å². The molecule has 0 radical (unpaired) electrons. The van der Waals surface area contributed by atoms with Crippen molar-refractivity contribution in [2.24, 2.45) is 0 Å². The Morgan fingerprint density at radius 1 is 1.22 bits per heavy atom. The lowest BCUT2D eigenvalue weighted by molar-refractivity contribution is 0.983. The minimum absolute atomic E-state index is 0.625. The van der Waals surface area contributed by atoms with Crippen molar-refractivity contribution in [1.82, 2.24) is 9.97 Å². The molecule has 1 aromatic carbocycles. The number of nitriles is 1. The molecule has 4 nitrogen and oxygen atoms in total. The molecule has 1 heterocycles. The Kier molecular flexibility index (Phi) is 3.54. The molecule has 0 aliphatic heterocycles. The maximum atomic E-state index is 8.80. The highest BCUT2D eigenvalue weighted by Crippen LogP contribution is 2.16. The molecule has 1 aromatic heterocycles. The number of aromatic nitrogens is 2. The van der Waals surface area contributed by atoms with E-state index in [0.717, 1.165) is 22.6 Å². The van der Waals surface area contributed by atoms with E-state index in [1.54, 1.807) is 18.5 Å². The van der Waals surface area contributed by atoms with Crippen molar-refractivity contribution in [3.8, 4) is 6.07 Å². The number of nitrogens with zero attached hydrogens (tertiary/aromatic N) is 3. The molecule has 0 aliphatic carbocycles. The lowest BCUT2D eigenvalue weighted by Crippen LogP contribution is -2.03. The van der Waals surface area contributed by atoms with Gasteiger partial charge in [-0.25, -0.2) is 0 Å². The van der Waals surface area contributed by atoms with Crippen LogP contribution in [0.1, 0.15) is 22.5 Å². The van der Waals surface area contributed by atoms with Crippen LogP contribution in [0.3, 0.4) is 0 Å². The molecule has 0 saturated carbocycles. The van der Waals surface area contributed by atoms with E-state index < -0.39 is 0 Å². The van der Waals surface area contributed by atoms with Gasteiger partial charge in [0.1, 0.15) is 0 Å². The first-order valence-electron chi connectivity index (χ1n) is 5.71. The van der Waals surface area contributed by atoms with Crippen molar-refractivity contribution in [2.75, 3.05) is 5.32 Å². The average molecular weight is 238 g/mol. The van der Waals surface area contributed by atoms with Gasteiger partial charge in [-0.05, 0) is 37.6 Å². The summed E-state index contributed by atoms with van der Waals surface area (Å²) < 4.78 is 0. The van der Waals surface area contributed by atoms with Gasteiger partial charge < -0.3 is 5.32 Å². The third-order valence-electron chi connectivity index (χ3n) is 2.65. The molecule has 0 amide bonds. The molecule has 0 spiro atoms. The number of rotatable bonds is 3. The number of hydrogen-bond donors (Lipinski definition) is 1. The number of hydrogen-bond acceptors (Lipinski definition) is 4. The molecule has 18 heavy (non-hydrogen) atoms. The molecule has 0 bridgehead atoms. The van der Waals surface area contributed by atoms with Crippen molar-refractivity contribution in [1.29, 1.82) is 5.26 Å². The molecule has 90 valence electrons. The van der Waals surface area contributed by atoms with Gasteiger partial charge >= 0.3 is 0 Å². The van der Waals surface area contributed by atoms with E-state index in [9.17, 15) is 0 Å². The first kappa shape index (κ1) is 12.1. The van der Waals surface area contributed by atoms with Gasteiger partial charge in [-0.2, -0.15) is 5.26 Å². The van der Waals surface area contributed by atoms with Crippen LogP contribution < -0.4 is 5.32 Å². The minimum atomic E-state index is 0.625. The summed E-state index contributed by atoms with van der Waals surface area (Å²) in [6, 6.07) is 7.70. The molecule has 2 aromatic rings. The van der Waals surface area contributed by atoms with Crippen molar-refractivity contribution in [3.05, 3.63) is 53.1 Å². The largest absolute Gasteiger partial charge is 0.379 e. The normalized spacial score (nSPS) is 9.83. The summed E-state index contributed by atoms with van der Waals surface area (Å²) in [6.45, 7) is 4.51. The molecule has 2 rings (SSSR count). The van der Waals surface area contributed by atoms with E-state index in [1.807, 2.05) is 26.0 Å². The lowest BCUT2D eigenvalue weighted by atomic mass is 10.1. The zero-order chi connectivity index (χ0) is 13.0. The molecular formula is C14H14N4. The lowest BCUT2D eigenvalue weighted by Gasteiger charge is -2.09. The zero-order valence-electron chi connectivity index (χ0n) is 10.4. The second kappa shape index (κ2) is 5.28. The van der Waals surface area contributed by atoms with Gasteiger partial charge in [0.2, 0.25) is 0 Å². The Morgan fingerprint density at radius 2 is 2.06 bits per heavy atom. The summed E-state index contributed by atoms with van der Waals surface area (Å²) in [5.74, 6) is 0. The average Bonchev–Trinajstić information content (AvgIpc) is 2.39. The van der Waals surface area contributed by atoms with E-state index >= 15 is 0 Å². The quantitative estimate of drug-likeness (QED) is 0.892. The van der Waals surface area contributed by atoms with Crippen molar-refractivity contribution in [2.45, 2.75) is 20.4 Å². The number of anilines is 1. The highest BCUT2D eigenvalue weighted by molar-refractivity contribution is 5.54. The first-order chi connectivity index (χ1) is 8.69. The highest BCUT2D eigenvalue weighted by atomic mass is 14.9. The van der Waals surface area contributed by atoms with Crippen molar-refractivity contribution < 1.29 is 0 Å². The molecule has 0 saturated heterocycles. The fraction of sp³-hybridized carbons (Fsp3) is 0.214. The third kappa shape index (κ3) is 2.83. The molecule has 0 unspecified atom stereocenters. The zero-order valence-corrected chi connectivity index (χ0v) is 10.4. The summed E-state index contributed by atoms with van der Waals surface area (Å²) in [4.78, 5) is 8.48. The fourth-order valence-corrected chi connectivity index (χ4v) is 1.63. The van der Waals surface area contributed by atoms with Crippen LogP contribution >= 0.6 is 0 Å². The number of nitrogens with one attached hydrogen (secondary N) is 1. The van der Waals surface area contributed by atoms with Crippen LogP contribution in [0.5, 0.6) is 0 Å². The van der Waals surface area contributed by atoms with E-state index in [0.29, 0.717) is 12.1 Å². The highest BCUT2D eigenvalue weighted by Gasteiger charge is 2.00. The summed E-state index contributed by atoms with van der Waals surface area (Å²) in [7, 11) is 0. The Labute approximate surface area is 106 Å². The van der Waals surface area contributed by atoms with Crippen LogP contribution in [0.15, 0.2) is 30.6 Å². The summed E-state index contributed by atoms with van der Waals surface area (Å²) in [6.07, 6.45) is 3.52. The van der Waals surface area contributed by atoms with Gasteiger partial charge in [-0.3, -0.25) is 9.97 Å². The predicted molar refractivity (Wildman–Crippen MR) is 70.0 cm³/mol. The maximum absolute atomic E-state index is 8.80. The van der Waals surface area contributed by atoms with Gasteiger partial charge in [0, 0.05) is 11.9 Å². The molecular weight excluding hydrogens is 224 g/mol. The van der Waals surface area contributed by atoms with Crippen LogP contribution in [0.2, 0.25) is 0 Å². The van der Waals surface area contributed by atoms with E-state index in [2.05, 4.69) is 21.4 Å². The summed E-state index contributed by atoms with van der Waals surface area (Å²) >= 11 is 0. The summed E-state index contributed by atoms with van der Waals surface area (Å²) in [5, 5.41) is 12.1. The Balaban J connectivity index is 2.06. The Bertz CT molecular complexity index is 582. The minimum Gasteiger partial charge on any atom is -0.379 e. The van der Waals surface area contributed by atoms with Crippen LogP contribution in [-0.4, -0.2) is 9.97 Å². The summed E-state index contributed by atoms with van der Waals surface area (Å²) in [5.41, 5.74) is 4.54. The third-order valence-corrected chi connectivity index (χ3v) is 2.65. The SMILES string of the molecule is Cc1cnc(CNc2ccc(C#N)cc2C)cn1. The maximum Gasteiger partial charge on any atom is 0.0991 e. The van der Waals surface area contributed by atoms with E-state index in [-0.39, 0.29) is 0 Å². The second-order valence-corrected chi connectivity index (χ2v) is 4.14. The molecule has 0 aliphatic rings. The van der Waals surface area contributed by atoms with Crippen LogP contribution in [0, 0.1) is 25.2 Å². The molecule has 0 fully saturated rings. The number of benzene rings is 1. The van der Waals surface area contributed by atoms with Crippen molar-refractivity contribution >= 4 is 5.69 Å². The van der Waals surface area contributed by atoms with E-state index in [1.165, 1.54) is 0 Å². The van der Waals surface area contributed by atoms with Gasteiger partial charge in [-0.1, -0.05) is 0 Å². The molecule has 4 heteroatoms. The Hall–Kier alpha value is -2.41. The van der Waals surface area contributed by atoms with Gasteiger partial charge in [-0.15, -0.1) is 0 Å². The second-order valence-electron chi connectivity index (χ2n) is 4.14. The van der Waals surface area contributed by atoms with Gasteiger partial charge in [0.25, 0.3) is 0 Å². The number of aryl methyl sites for hydroxylation is 2. The molecule has 0 atom stereocenters. The van der Waals surface area contributed by atoms with Gasteiger partial charge in [0.05, 0.1) is 35.8 Å². The monoisotopic (exact) mass is 238 g/mol. The standard InChI is InChI=1S/C14H14N4/c1-10-5-12(6-15)3-4-14(10)18-9-13-8-16-11(2)7-17-13/h3-5,7-8,18H,9H2,1-2H3. The van der Waals surface area contributed by atoms with E-state index in [4.69, 9.17) is 5.26 Å². The van der Waals surface area contributed by atoms with Crippen molar-refractivity contribution in [3.63, 3.8) is 0 Å². The van der Waals surface area contributed by atoms with Crippen LogP contribution in [-0.2, 0) is 6.54 Å². The fourth-order valence-electron chi connectivity index (χ4n) is 1.63. The Morgan fingerprint density at radius 3 is 2.67 bits per heavy atom. The smallest absolute Gasteiger partial charge is 0.0991 e. The molecule has 1 N–H and O–H groups in total.